The zero-order valence-electron chi connectivity index (χ0n) is 20.1. The SMILES string of the molecule is COc1cc(CN2CC3(CN(C(C)=O)C3)c3c([nH]c4cc(OC)ccc34)[C@H]2CO)cc(OC)c1. The molecule has 34 heavy (non-hydrogen) atoms. The molecule has 1 saturated heterocycles. The van der Waals surface area contributed by atoms with E-state index in [1.54, 1.807) is 28.3 Å². The van der Waals surface area contributed by atoms with E-state index in [1.807, 2.05) is 35.2 Å². The minimum absolute atomic E-state index is 0.0233. The number of aliphatic hydroxyl groups is 1. The standard InChI is InChI=1S/C26H31N3O5/c1-16(31)29-14-26(15-29)13-28(11-17-7-19(33-3)9-20(8-17)34-4)23(12-30)25-24(26)21-6-5-18(32-2)10-22(21)27-25/h5-10,23,27,30H,11-15H2,1-4H3/t23-/m1/s1. The van der Waals surface area contributed by atoms with E-state index in [2.05, 4.69) is 16.0 Å². The lowest BCUT2D eigenvalue weighted by molar-refractivity contribution is -0.138. The molecule has 3 heterocycles. The number of hydrogen-bond acceptors (Lipinski definition) is 6. The fourth-order valence-electron chi connectivity index (χ4n) is 5.64. The van der Waals surface area contributed by atoms with Gasteiger partial charge in [0.1, 0.15) is 17.2 Å². The van der Waals surface area contributed by atoms with E-state index < -0.39 is 0 Å². The first-order valence-electron chi connectivity index (χ1n) is 11.4. The number of aliphatic hydroxyl groups excluding tert-OH is 1. The number of aromatic amines is 1. The Bertz CT molecular complexity index is 1210. The van der Waals surface area contributed by atoms with Crippen molar-refractivity contribution >= 4 is 16.8 Å². The quantitative estimate of drug-likeness (QED) is 0.582. The van der Waals surface area contributed by atoms with Gasteiger partial charge in [0, 0.05) is 67.2 Å². The van der Waals surface area contributed by atoms with Gasteiger partial charge in [-0.1, -0.05) is 0 Å². The molecule has 0 saturated carbocycles. The molecule has 2 aliphatic heterocycles. The van der Waals surface area contributed by atoms with Crippen LogP contribution in [0.3, 0.4) is 0 Å². The van der Waals surface area contributed by atoms with Crippen LogP contribution in [0.2, 0.25) is 0 Å². The van der Waals surface area contributed by atoms with Crippen LogP contribution >= 0.6 is 0 Å². The molecule has 1 fully saturated rings. The molecule has 8 heteroatoms. The Morgan fingerprint density at radius 1 is 1.03 bits per heavy atom. The maximum atomic E-state index is 12.1. The van der Waals surface area contributed by atoms with E-state index in [9.17, 15) is 9.90 Å². The van der Waals surface area contributed by atoms with Crippen LogP contribution in [0, 0.1) is 0 Å². The van der Waals surface area contributed by atoms with Gasteiger partial charge in [-0.15, -0.1) is 0 Å². The van der Waals surface area contributed by atoms with E-state index in [-0.39, 0.29) is 24.0 Å². The molecule has 0 bridgehead atoms. The summed E-state index contributed by atoms with van der Waals surface area (Å²) in [5.74, 6) is 2.32. The van der Waals surface area contributed by atoms with Gasteiger partial charge in [-0.3, -0.25) is 9.69 Å². The van der Waals surface area contributed by atoms with Crippen molar-refractivity contribution < 1.29 is 24.1 Å². The first-order valence-corrected chi connectivity index (χ1v) is 11.4. The minimum atomic E-state index is -0.206. The number of nitrogens with zero attached hydrogens (tertiary/aromatic N) is 2. The smallest absolute Gasteiger partial charge is 0.219 e. The highest BCUT2D eigenvalue weighted by atomic mass is 16.5. The predicted molar refractivity (Wildman–Crippen MR) is 129 cm³/mol. The molecule has 1 aromatic heterocycles. The van der Waals surface area contributed by atoms with Gasteiger partial charge in [0.15, 0.2) is 0 Å². The molecular weight excluding hydrogens is 434 g/mol. The van der Waals surface area contributed by atoms with E-state index in [1.165, 1.54) is 5.56 Å². The lowest BCUT2D eigenvalue weighted by Gasteiger charge is -2.56. The summed E-state index contributed by atoms with van der Waals surface area (Å²) in [5, 5.41) is 11.6. The van der Waals surface area contributed by atoms with Crippen LogP contribution in [0.4, 0.5) is 0 Å². The molecule has 1 atom stereocenters. The van der Waals surface area contributed by atoms with Crippen LogP contribution in [0.5, 0.6) is 17.2 Å². The molecule has 2 aliphatic rings. The number of fused-ring (bicyclic) bond motifs is 4. The predicted octanol–water partition coefficient (Wildman–Crippen LogP) is 2.84. The molecule has 2 aromatic carbocycles. The van der Waals surface area contributed by atoms with Crippen LogP contribution in [-0.4, -0.2) is 73.4 Å². The number of carbonyl (C=O) groups is 1. The topological polar surface area (TPSA) is 87.3 Å². The third-order valence-electron chi connectivity index (χ3n) is 7.25. The molecule has 180 valence electrons. The number of hydrogen-bond donors (Lipinski definition) is 2. The Labute approximate surface area is 199 Å². The van der Waals surface area contributed by atoms with Crippen molar-refractivity contribution in [3.63, 3.8) is 0 Å². The monoisotopic (exact) mass is 465 g/mol. The molecule has 0 aliphatic carbocycles. The zero-order chi connectivity index (χ0) is 24.0. The second-order valence-corrected chi connectivity index (χ2v) is 9.30. The third kappa shape index (κ3) is 3.58. The van der Waals surface area contributed by atoms with Gasteiger partial charge in [-0.2, -0.15) is 0 Å². The average molecular weight is 466 g/mol. The highest BCUT2D eigenvalue weighted by Gasteiger charge is 2.53. The number of amides is 1. The molecular formula is C26H31N3O5. The van der Waals surface area contributed by atoms with Crippen LogP contribution in [0.15, 0.2) is 36.4 Å². The van der Waals surface area contributed by atoms with Crippen molar-refractivity contribution in [3.05, 3.63) is 53.2 Å². The first-order chi connectivity index (χ1) is 16.4. The Morgan fingerprint density at radius 3 is 2.29 bits per heavy atom. The van der Waals surface area contributed by atoms with Crippen molar-refractivity contribution in [1.82, 2.24) is 14.8 Å². The number of H-pyrrole nitrogens is 1. The number of ether oxygens (including phenoxy) is 3. The number of rotatable bonds is 6. The molecule has 2 N–H and O–H groups in total. The number of likely N-dealkylation sites (tertiary alicyclic amines) is 1. The molecule has 0 unspecified atom stereocenters. The maximum Gasteiger partial charge on any atom is 0.219 e. The largest absolute Gasteiger partial charge is 0.497 e. The number of methoxy groups -OCH3 is 3. The highest BCUT2D eigenvalue weighted by Crippen LogP contribution is 2.49. The van der Waals surface area contributed by atoms with Crippen LogP contribution < -0.4 is 14.2 Å². The minimum Gasteiger partial charge on any atom is -0.497 e. The first kappa shape index (κ1) is 22.6. The van der Waals surface area contributed by atoms with Crippen LogP contribution in [-0.2, 0) is 16.8 Å². The van der Waals surface area contributed by atoms with Crippen molar-refractivity contribution in [2.45, 2.75) is 24.9 Å². The van der Waals surface area contributed by atoms with Gasteiger partial charge >= 0.3 is 0 Å². The van der Waals surface area contributed by atoms with Crippen molar-refractivity contribution in [2.75, 3.05) is 47.6 Å². The van der Waals surface area contributed by atoms with Gasteiger partial charge in [-0.25, -0.2) is 0 Å². The molecule has 5 rings (SSSR count). The summed E-state index contributed by atoms with van der Waals surface area (Å²) in [4.78, 5) is 19.9. The summed E-state index contributed by atoms with van der Waals surface area (Å²) < 4.78 is 16.4. The summed E-state index contributed by atoms with van der Waals surface area (Å²) >= 11 is 0. The fourth-order valence-corrected chi connectivity index (χ4v) is 5.64. The fraction of sp³-hybridized carbons (Fsp3) is 0.423. The average Bonchev–Trinajstić information content (AvgIpc) is 3.20. The van der Waals surface area contributed by atoms with Gasteiger partial charge in [0.05, 0.1) is 34.0 Å². The Kier molecular flexibility index (Phi) is 5.65. The van der Waals surface area contributed by atoms with Gasteiger partial charge in [0.25, 0.3) is 0 Å². The molecule has 0 radical (unpaired) electrons. The van der Waals surface area contributed by atoms with E-state index in [4.69, 9.17) is 14.2 Å². The number of benzene rings is 2. The van der Waals surface area contributed by atoms with Crippen LogP contribution in [0.25, 0.3) is 10.9 Å². The Balaban J connectivity index is 1.59. The van der Waals surface area contributed by atoms with Crippen LogP contribution in [0.1, 0.15) is 29.8 Å². The number of nitrogens with one attached hydrogen (secondary N) is 1. The second-order valence-electron chi connectivity index (χ2n) is 9.30. The van der Waals surface area contributed by atoms with Crippen molar-refractivity contribution in [1.29, 1.82) is 0 Å². The highest BCUT2D eigenvalue weighted by molar-refractivity contribution is 5.88. The maximum absolute atomic E-state index is 12.1. The second kappa shape index (κ2) is 8.52. The third-order valence-corrected chi connectivity index (χ3v) is 7.25. The zero-order valence-corrected chi connectivity index (χ0v) is 20.1. The molecule has 1 spiro atoms. The molecule has 8 nitrogen and oxygen atoms in total. The van der Waals surface area contributed by atoms with Crippen molar-refractivity contribution in [2.24, 2.45) is 0 Å². The normalized spacial score (nSPS) is 19.1. The summed E-state index contributed by atoms with van der Waals surface area (Å²) in [6.45, 7) is 4.25. The summed E-state index contributed by atoms with van der Waals surface area (Å²) in [6, 6.07) is 11.7. The van der Waals surface area contributed by atoms with Gasteiger partial charge < -0.3 is 29.2 Å². The van der Waals surface area contributed by atoms with E-state index >= 15 is 0 Å². The molecule has 1 amide bonds. The van der Waals surface area contributed by atoms with E-state index in [0.717, 1.165) is 46.0 Å². The molecule has 3 aromatic rings. The van der Waals surface area contributed by atoms with Gasteiger partial charge in [-0.05, 0) is 35.4 Å². The Morgan fingerprint density at radius 2 is 1.71 bits per heavy atom. The lowest BCUT2D eigenvalue weighted by atomic mass is 9.68. The summed E-state index contributed by atoms with van der Waals surface area (Å²) in [5.41, 5.74) is 4.03. The lowest BCUT2D eigenvalue weighted by Crippen LogP contribution is -2.67. The summed E-state index contributed by atoms with van der Waals surface area (Å²) in [6.07, 6.45) is 0. The summed E-state index contributed by atoms with van der Waals surface area (Å²) in [7, 11) is 4.93. The number of carbonyl (C=O) groups excluding carboxylic acids is 1. The Hall–Kier alpha value is -3.23. The number of aromatic nitrogens is 1. The van der Waals surface area contributed by atoms with E-state index in [0.29, 0.717) is 19.6 Å². The van der Waals surface area contributed by atoms with Crippen molar-refractivity contribution in [3.8, 4) is 17.2 Å². The van der Waals surface area contributed by atoms with Gasteiger partial charge in [0.2, 0.25) is 5.91 Å².